The molecule has 2 heterocycles. The Hall–Kier alpha value is -3.61. The maximum atomic E-state index is 14.3. The van der Waals surface area contributed by atoms with Crippen LogP contribution in [0.4, 0.5) is 22.8 Å². The summed E-state index contributed by atoms with van der Waals surface area (Å²) in [6.45, 7) is 2.61. The van der Waals surface area contributed by atoms with Gasteiger partial charge < -0.3 is 20.5 Å². The van der Waals surface area contributed by atoms with Crippen LogP contribution < -0.4 is 10.6 Å². The second-order valence-corrected chi connectivity index (χ2v) is 11.1. The van der Waals surface area contributed by atoms with Gasteiger partial charge in [-0.2, -0.15) is 0 Å². The number of hydrogen-bond donors (Lipinski definition) is 3. The van der Waals surface area contributed by atoms with Crippen LogP contribution in [0.5, 0.6) is 0 Å². The van der Waals surface area contributed by atoms with E-state index in [2.05, 4.69) is 15.5 Å². The fourth-order valence-electron chi connectivity index (χ4n) is 6.36. The monoisotopic (exact) mass is 622 g/mol. The number of carbonyl (C=O) groups excluding carboxylic acids is 3. The number of esters is 1. The fourth-order valence-corrected chi connectivity index (χ4v) is 6.36. The second-order valence-electron chi connectivity index (χ2n) is 11.1. The average Bonchev–Trinajstić information content (AvgIpc) is 3.42. The third-order valence-corrected chi connectivity index (χ3v) is 8.55. The van der Waals surface area contributed by atoms with Gasteiger partial charge in [0.2, 0.25) is 0 Å². The van der Waals surface area contributed by atoms with Crippen LogP contribution in [0.2, 0.25) is 0 Å². The summed E-state index contributed by atoms with van der Waals surface area (Å²) in [5.74, 6) is -3.57. The van der Waals surface area contributed by atoms with Gasteiger partial charge in [-0.25, -0.2) is 32.5 Å². The fraction of sp³-hybridized carbons (Fsp3) is 0.433. The number of nitrogens with zero attached hydrogens (tertiary/aromatic N) is 2. The molecule has 3 aliphatic rings. The molecule has 0 unspecified atom stereocenters. The summed E-state index contributed by atoms with van der Waals surface area (Å²) in [7, 11) is 1.14. The summed E-state index contributed by atoms with van der Waals surface area (Å²) in [5.41, 5.74) is -0.854. The maximum Gasteiger partial charge on any atom is 0.337 e. The molecule has 2 aromatic carbocycles. The first-order valence-electron chi connectivity index (χ1n) is 13.9. The highest BCUT2D eigenvalue weighted by molar-refractivity contribution is 6.01. The van der Waals surface area contributed by atoms with Crippen molar-refractivity contribution in [1.29, 1.82) is 0 Å². The molecule has 0 aromatic heterocycles. The number of imide groups is 1. The average molecular weight is 623 g/mol. The summed E-state index contributed by atoms with van der Waals surface area (Å²) in [5, 5.41) is 16.5. The zero-order chi connectivity index (χ0) is 30.2. The summed E-state index contributed by atoms with van der Waals surface area (Å²) in [4.78, 5) is 42.3. The van der Waals surface area contributed by atoms with Crippen molar-refractivity contribution in [1.82, 2.24) is 20.4 Å². The van der Waals surface area contributed by atoms with Crippen molar-refractivity contribution < 1.29 is 37.4 Å². The molecule has 0 bridgehead atoms. The third kappa shape index (κ3) is 6.36. The Morgan fingerprint density at radius 2 is 1.74 bits per heavy atom. The van der Waals surface area contributed by atoms with Gasteiger partial charge >= 0.3 is 18.0 Å². The van der Waals surface area contributed by atoms with E-state index in [0.717, 1.165) is 24.1 Å². The molecule has 0 spiro atoms. The van der Waals surface area contributed by atoms with Crippen LogP contribution in [-0.4, -0.2) is 65.2 Å². The Morgan fingerprint density at radius 1 is 1.05 bits per heavy atom. The number of benzene rings is 2. The van der Waals surface area contributed by atoms with E-state index in [1.165, 1.54) is 19.1 Å². The summed E-state index contributed by atoms with van der Waals surface area (Å²) in [6.07, 6.45) is 2.68. The van der Waals surface area contributed by atoms with Crippen molar-refractivity contribution in [3.05, 3.63) is 82.3 Å². The molecule has 2 aromatic rings. The second kappa shape index (κ2) is 12.9. The summed E-state index contributed by atoms with van der Waals surface area (Å²) < 4.78 is 47.2. The lowest BCUT2D eigenvalue weighted by Gasteiger charge is -2.40. The van der Waals surface area contributed by atoms with E-state index in [-0.39, 0.29) is 41.3 Å². The topological polar surface area (TPSA) is 111 Å². The van der Waals surface area contributed by atoms with E-state index in [9.17, 15) is 32.7 Å². The number of carbonyl (C=O) groups is 3. The molecule has 1 saturated carbocycles. The lowest BCUT2D eigenvalue weighted by atomic mass is 9.77. The molecule has 9 nitrogen and oxygen atoms in total. The first-order chi connectivity index (χ1) is 20.0. The number of methoxy groups -OCH3 is 1. The molecule has 4 amide bonds. The summed E-state index contributed by atoms with van der Waals surface area (Å²) in [6, 6.07) is 5.98. The van der Waals surface area contributed by atoms with E-state index in [1.54, 1.807) is 18.2 Å². The number of rotatable bonds is 5. The Labute approximate surface area is 253 Å². The van der Waals surface area contributed by atoms with Crippen LogP contribution in [-0.2, 0) is 15.1 Å². The Kier molecular flexibility index (Phi) is 9.73. The van der Waals surface area contributed by atoms with E-state index in [4.69, 9.17) is 4.74 Å². The quantitative estimate of drug-likeness (QED) is 0.419. The van der Waals surface area contributed by atoms with E-state index in [0.29, 0.717) is 50.8 Å². The van der Waals surface area contributed by atoms with Crippen LogP contribution in [0.15, 0.2) is 53.7 Å². The van der Waals surface area contributed by atoms with Gasteiger partial charge in [0.1, 0.15) is 11.9 Å². The molecule has 5 rings (SSSR count). The highest BCUT2D eigenvalue weighted by atomic mass is 35.5. The number of amides is 4. The number of halogens is 4. The number of allylic oxidation sites excluding steroid dienone is 1. The largest absolute Gasteiger partial charge is 0.466 e. The van der Waals surface area contributed by atoms with Gasteiger partial charge in [0.15, 0.2) is 11.6 Å². The van der Waals surface area contributed by atoms with Gasteiger partial charge in [-0.15, -0.1) is 12.4 Å². The standard InChI is InChI=1S/C30H33F3N4O5.ClH/c1-17-25(27(38)42-2)26(18-7-8-23(32)24(33)15-18)37(28(39)34-17)29(40)35-19-11-14-36(16-19)20-9-12-30(41,13-10-20)21-5-3-4-6-22(21)31;/h3-8,15,19-20,26,41H,9-14,16H2,1-2H3,(H,34,39)(H,35,40);1H/t19-,20?,26+,30?;/m1./s1. The van der Waals surface area contributed by atoms with Gasteiger partial charge in [-0.1, -0.05) is 24.3 Å². The van der Waals surface area contributed by atoms with E-state index >= 15 is 0 Å². The third-order valence-electron chi connectivity index (χ3n) is 8.55. The smallest absolute Gasteiger partial charge is 0.337 e. The van der Waals surface area contributed by atoms with Crippen molar-refractivity contribution in [2.24, 2.45) is 0 Å². The van der Waals surface area contributed by atoms with Crippen LogP contribution in [0.3, 0.4) is 0 Å². The number of likely N-dealkylation sites (tertiary alicyclic amines) is 1. The highest BCUT2D eigenvalue weighted by Gasteiger charge is 2.44. The number of ether oxygens (including phenoxy) is 1. The molecule has 1 saturated heterocycles. The number of aliphatic hydroxyl groups is 1. The predicted octanol–water partition coefficient (Wildman–Crippen LogP) is 4.65. The lowest BCUT2D eigenvalue weighted by Crippen LogP contribution is -2.56. The first kappa shape index (κ1) is 32.3. The minimum Gasteiger partial charge on any atom is -0.466 e. The Bertz CT molecular complexity index is 1430. The molecular weight excluding hydrogens is 589 g/mol. The number of urea groups is 2. The van der Waals surface area contributed by atoms with Gasteiger partial charge in [0.05, 0.1) is 18.3 Å². The summed E-state index contributed by atoms with van der Waals surface area (Å²) >= 11 is 0. The van der Waals surface area contributed by atoms with E-state index < -0.39 is 47.1 Å². The minimum atomic E-state index is -1.35. The molecule has 2 aliphatic heterocycles. The Balaban J connectivity index is 0.00000423. The maximum absolute atomic E-state index is 14.3. The Morgan fingerprint density at radius 3 is 2.40 bits per heavy atom. The molecule has 13 heteroatoms. The van der Waals surface area contributed by atoms with Crippen LogP contribution in [0.1, 0.15) is 56.2 Å². The van der Waals surface area contributed by atoms with Gasteiger partial charge in [-0.05, 0) is 62.8 Å². The molecule has 0 radical (unpaired) electrons. The highest BCUT2D eigenvalue weighted by Crippen LogP contribution is 2.40. The molecule has 1 aliphatic carbocycles. The number of hydrogen-bond acceptors (Lipinski definition) is 6. The van der Waals surface area contributed by atoms with Crippen LogP contribution in [0.25, 0.3) is 0 Å². The van der Waals surface area contributed by atoms with Crippen molar-refractivity contribution >= 4 is 30.4 Å². The van der Waals surface area contributed by atoms with E-state index in [1.807, 2.05) is 0 Å². The number of nitrogens with one attached hydrogen (secondary N) is 2. The molecule has 232 valence electrons. The van der Waals surface area contributed by atoms with Crippen LogP contribution in [0, 0.1) is 17.5 Å². The van der Waals surface area contributed by atoms with Gasteiger partial charge in [0.25, 0.3) is 0 Å². The van der Waals surface area contributed by atoms with Crippen molar-refractivity contribution in [3.8, 4) is 0 Å². The first-order valence-corrected chi connectivity index (χ1v) is 13.9. The zero-order valence-corrected chi connectivity index (χ0v) is 24.6. The molecule has 3 N–H and O–H groups in total. The van der Waals surface area contributed by atoms with Gasteiger partial charge in [0, 0.05) is 36.4 Å². The lowest BCUT2D eigenvalue weighted by molar-refractivity contribution is -0.136. The zero-order valence-electron chi connectivity index (χ0n) is 23.7. The minimum absolute atomic E-state index is 0. The molecule has 2 fully saturated rings. The molecule has 43 heavy (non-hydrogen) atoms. The van der Waals surface area contributed by atoms with Crippen LogP contribution >= 0.6 is 12.4 Å². The molecule has 2 atom stereocenters. The van der Waals surface area contributed by atoms with Crippen molar-refractivity contribution in [2.45, 2.75) is 62.8 Å². The van der Waals surface area contributed by atoms with Crippen molar-refractivity contribution in [2.75, 3.05) is 20.2 Å². The predicted molar refractivity (Wildman–Crippen MR) is 152 cm³/mol. The van der Waals surface area contributed by atoms with Gasteiger partial charge in [-0.3, -0.25) is 4.90 Å². The van der Waals surface area contributed by atoms with Crippen molar-refractivity contribution in [3.63, 3.8) is 0 Å². The molecular formula is C30H34ClF3N4O5. The normalized spacial score (nSPS) is 26.0. The SMILES string of the molecule is COC(=O)C1=C(C)NC(=O)N(C(=O)N[C@@H]2CCN(C3CCC(O)(c4ccccc4F)CC3)C2)[C@H]1c1ccc(F)c(F)c1.Cl.